The third-order valence-corrected chi connectivity index (χ3v) is 7.80. The first kappa shape index (κ1) is 27.9. The van der Waals surface area contributed by atoms with Crippen LogP contribution < -0.4 is 4.74 Å². The van der Waals surface area contributed by atoms with E-state index in [9.17, 15) is 28.2 Å². The number of aromatic nitrogens is 1. The van der Waals surface area contributed by atoms with Gasteiger partial charge in [-0.1, -0.05) is 0 Å². The average Bonchev–Trinajstić information content (AvgIpc) is 2.90. The van der Waals surface area contributed by atoms with Crippen LogP contribution in [0.15, 0.2) is 36.5 Å². The van der Waals surface area contributed by atoms with Crippen LogP contribution in [0.25, 0.3) is 10.9 Å². The lowest BCUT2D eigenvalue weighted by atomic mass is 9.73. The Morgan fingerprint density at radius 1 is 1.18 bits per heavy atom. The minimum absolute atomic E-state index is 0.00456. The Kier molecular flexibility index (Phi) is 8.57. The minimum atomic E-state index is -1.19. The number of carboxylic acids is 1. The van der Waals surface area contributed by atoms with Crippen LogP contribution in [0.5, 0.6) is 5.75 Å². The fourth-order valence-corrected chi connectivity index (χ4v) is 5.48. The Hall–Kier alpha value is -3.17. The van der Waals surface area contributed by atoms with Crippen molar-refractivity contribution >= 4 is 16.9 Å². The predicted molar refractivity (Wildman–Crippen MR) is 138 cm³/mol. The van der Waals surface area contributed by atoms with Crippen molar-refractivity contribution in [3.63, 3.8) is 0 Å². The molecule has 1 atom stereocenters. The molecule has 2 heterocycles. The molecule has 0 bridgehead atoms. The van der Waals surface area contributed by atoms with E-state index in [1.54, 1.807) is 19.4 Å². The van der Waals surface area contributed by atoms with Crippen molar-refractivity contribution in [1.82, 2.24) is 9.88 Å². The molecule has 4 rings (SSSR count). The first-order valence-corrected chi connectivity index (χ1v) is 12.8. The van der Waals surface area contributed by atoms with E-state index in [1.807, 2.05) is 19.1 Å². The van der Waals surface area contributed by atoms with E-state index >= 15 is 0 Å². The highest BCUT2D eigenvalue weighted by atomic mass is 19.2. The van der Waals surface area contributed by atoms with E-state index in [1.165, 1.54) is 0 Å². The summed E-state index contributed by atoms with van der Waals surface area (Å²) in [5.74, 6) is -3.25. The second-order valence-electron chi connectivity index (χ2n) is 10.2. The third kappa shape index (κ3) is 5.94. The zero-order valence-electron chi connectivity index (χ0n) is 21.6. The normalized spacial score (nSPS) is 16.5. The van der Waals surface area contributed by atoms with Gasteiger partial charge in [-0.3, -0.25) is 9.78 Å². The lowest BCUT2D eigenvalue weighted by Crippen LogP contribution is -2.44. The van der Waals surface area contributed by atoms with E-state index in [0.717, 1.165) is 28.1 Å². The lowest BCUT2D eigenvalue weighted by molar-refractivity contribution is -0.153. The van der Waals surface area contributed by atoms with Crippen molar-refractivity contribution < 1.29 is 32.9 Å². The van der Waals surface area contributed by atoms with Gasteiger partial charge in [0.1, 0.15) is 11.6 Å². The number of pyridine rings is 1. The summed E-state index contributed by atoms with van der Waals surface area (Å²) >= 11 is 0. The number of carbonyl (C=O) groups is 1. The Labute approximate surface area is 220 Å². The quantitative estimate of drug-likeness (QED) is 0.333. The molecule has 2 N–H and O–H groups in total. The fraction of sp³-hybridized carbons (Fsp3) is 0.448. The summed E-state index contributed by atoms with van der Waals surface area (Å²) in [4.78, 5) is 18.9. The van der Waals surface area contributed by atoms with Crippen molar-refractivity contribution in [2.45, 2.75) is 51.6 Å². The van der Waals surface area contributed by atoms with Gasteiger partial charge in [-0.15, -0.1) is 0 Å². The molecule has 0 amide bonds. The number of ether oxygens (including phenoxy) is 1. The maximum Gasteiger partial charge on any atom is 0.309 e. The standard InChI is InChI=1S/C29H33F3N2O4/c1-18-17-33-24-6-5-21(38-2)16-22(24)26(18)25(35)7-8-29(28(36)37)9-12-34(13-10-29)11-3-4-19-14-20(30)15-23(31)27(19)32/h5-6,14-17,25,35H,3-4,7-13H2,1-2H3,(H,36,37)/t25-/m1/s1. The maximum absolute atomic E-state index is 13.9. The highest BCUT2D eigenvalue weighted by molar-refractivity contribution is 5.85. The van der Waals surface area contributed by atoms with Gasteiger partial charge in [0.2, 0.25) is 0 Å². The summed E-state index contributed by atoms with van der Waals surface area (Å²) in [5, 5.41) is 22.1. The van der Waals surface area contributed by atoms with Crippen LogP contribution in [0.3, 0.4) is 0 Å². The molecule has 6 nitrogen and oxygen atoms in total. The van der Waals surface area contributed by atoms with Gasteiger partial charge in [0.15, 0.2) is 11.6 Å². The molecule has 1 aliphatic heterocycles. The number of aryl methyl sites for hydroxylation is 2. The van der Waals surface area contributed by atoms with Crippen molar-refractivity contribution in [3.8, 4) is 5.75 Å². The highest BCUT2D eigenvalue weighted by Gasteiger charge is 2.41. The molecule has 0 aliphatic carbocycles. The molecule has 204 valence electrons. The number of benzene rings is 2. The van der Waals surface area contributed by atoms with Crippen LogP contribution in [0, 0.1) is 29.8 Å². The number of rotatable bonds is 10. The first-order chi connectivity index (χ1) is 18.1. The molecule has 0 unspecified atom stereocenters. The smallest absolute Gasteiger partial charge is 0.309 e. The second-order valence-corrected chi connectivity index (χ2v) is 10.2. The molecule has 1 fully saturated rings. The monoisotopic (exact) mass is 530 g/mol. The number of aliphatic hydroxyl groups is 1. The van der Waals surface area contributed by atoms with Gasteiger partial charge in [-0.2, -0.15) is 0 Å². The largest absolute Gasteiger partial charge is 0.497 e. The summed E-state index contributed by atoms with van der Waals surface area (Å²) in [6.45, 7) is 3.52. The van der Waals surface area contributed by atoms with Gasteiger partial charge in [0.25, 0.3) is 0 Å². The summed E-state index contributed by atoms with van der Waals surface area (Å²) < 4.78 is 46.1. The number of hydrogen-bond acceptors (Lipinski definition) is 5. The number of aliphatic hydroxyl groups excluding tert-OH is 1. The maximum atomic E-state index is 13.9. The topological polar surface area (TPSA) is 82.9 Å². The first-order valence-electron chi connectivity index (χ1n) is 12.8. The minimum Gasteiger partial charge on any atom is -0.497 e. The van der Waals surface area contributed by atoms with E-state index in [4.69, 9.17) is 4.74 Å². The van der Waals surface area contributed by atoms with Crippen molar-refractivity contribution in [2.75, 3.05) is 26.7 Å². The molecule has 2 aromatic carbocycles. The molecule has 0 spiro atoms. The summed E-state index contributed by atoms with van der Waals surface area (Å²) in [7, 11) is 1.57. The van der Waals surface area contributed by atoms with Crippen LogP contribution in [-0.4, -0.2) is 52.8 Å². The zero-order valence-corrected chi connectivity index (χ0v) is 21.6. The molecule has 0 radical (unpaired) electrons. The van der Waals surface area contributed by atoms with Crippen LogP contribution in [0.1, 0.15) is 54.9 Å². The number of carboxylic acid groups (broad SMARTS) is 1. The third-order valence-electron chi connectivity index (χ3n) is 7.80. The Morgan fingerprint density at radius 3 is 2.61 bits per heavy atom. The number of halogens is 3. The number of fused-ring (bicyclic) bond motifs is 1. The molecule has 9 heteroatoms. The highest BCUT2D eigenvalue weighted by Crippen LogP contribution is 2.40. The van der Waals surface area contributed by atoms with Crippen molar-refractivity contribution in [1.29, 1.82) is 0 Å². The molecule has 1 aliphatic rings. The molecule has 1 aromatic heterocycles. The van der Waals surface area contributed by atoms with E-state index < -0.39 is 34.9 Å². The Morgan fingerprint density at radius 2 is 1.92 bits per heavy atom. The number of hydrogen-bond donors (Lipinski definition) is 2. The average molecular weight is 531 g/mol. The Bertz CT molecular complexity index is 1310. The van der Waals surface area contributed by atoms with Gasteiger partial charge in [-0.25, -0.2) is 13.2 Å². The van der Waals surface area contributed by atoms with Gasteiger partial charge in [-0.05, 0) is 106 Å². The van der Waals surface area contributed by atoms with E-state index in [0.29, 0.717) is 57.1 Å². The number of piperidine rings is 1. The van der Waals surface area contributed by atoms with E-state index in [2.05, 4.69) is 9.88 Å². The van der Waals surface area contributed by atoms with Crippen molar-refractivity contribution in [2.24, 2.45) is 5.41 Å². The summed E-state index contributed by atoms with van der Waals surface area (Å²) in [6.07, 6.45) is 2.98. The zero-order chi connectivity index (χ0) is 27.4. The van der Waals surface area contributed by atoms with Gasteiger partial charge in [0.05, 0.1) is 24.1 Å². The molecule has 38 heavy (non-hydrogen) atoms. The number of nitrogens with zero attached hydrogens (tertiary/aromatic N) is 2. The van der Waals surface area contributed by atoms with Crippen LogP contribution in [0.2, 0.25) is 0 Å². The van der Waals surface area contributed by atoms with E-state index in [-0.39, 0.29) is 18.4 Å². The molecular weight excluding hydrogens is 497 g/mol. The number of likely N-dealkylation sites (tertiary alicyclic amines) is 1. The number of methoxy groups -OCH3 is 1. The molecule has 0 saturated carbocycles. The SMILES string of the molecule is COc1ccc2ncc(C)c([C@H](O)CCC3(C(=O)O)CCN(CCCc4cc(F)cc(F)c4F)CC3)c2c1. The fourth-order valence-electron chi connectivity index (χ4n) is 5.48. The van der Waals surface area contributed by atoms with Crippen LogP contribution in [-0.2, 0) is 11.2 Å². The second kappa shape index (κ2) is 11.7. The molecular formula is C29H33F3N2O4. The van der Waals surface area contributed by atoms with Gasteiger partial charge >= 0.3 is 5.97 Å². The summed E-state index contributed by atoms with van der Waals surface area (Å²) in [5.41, 5.74) is 1.33. The number of aliphatic carboxylic acids is 1. The molecule has 1 saturated heterocycles. The lowest BCUT2D eigenvalue weighted by Gasteiger charge is -2.39. The van der Waals surface area contributed by atoms with Crippen LogP contribution in [0.4, 0.5) is 13.2 Å². The predicted octanol–water partition coefficient (Wildman–Crippen LogP) is 5.58. The van der Waals surface area contributed by atoms with Crippen molar-refractivity contribution in [3.05, 3.63) is 70.7 Å². The Balaban J connectivity index is 1.37. The van der Waals surface area contributed by atoms with Crippen LogP contribution >= 0.6 is 0 Å². The molecule has 3 aromatic rings. The summed E-state index contributed by atoms with van der Waals surface area (Å²) in [6, 6.07) is 7.02. The van der Waals surface area contributed by atoms with Gasteiger partial charge < -0.3 is 19.8 Å². The van der Waals surface area contributed by atoms with Gasteiger partial charge in [0, 0.05) is 17.6 Å².